The first kappa shape index (κ1) is 19.8. The molecule has 1 heterocycles. The van der Waals surface area contributed by atoms with Crippen molar-refractivity contribution in [3.8, 4) is 0 Å². The molecule has 2 rings (SSSR count). The van der Waals surface area contributed by atoms with Crippen LogP contribution in [0.1, 0.15) is 43.7 Å². The zero-order chi connectivity index (χ0) is 18.9. The number of benzene rings is 1. The standard InChI is InChI=1S/C19H27N3O4/c1-14(26-17(23)9-3-2-6-11-21-19(20)25)18(24)22-12-10-15-7-4-5-8-16(15)13-22/h4-5,7-8,14H,2-3,6,9-13H2,1H3,(H3,20,21,25)/t14-/m0/s1. The topological polar surface area (TPSA) is 102 Å². The summed E-state index contributed by atoms with van der Waals surface area (Å²) in [6, 6.07) is 7.54. The lowest BCUT2D eigenvalue weighted by Gasteiger charge is -2.30. The molecule has 0 unspecified atom stereocenters. The molecule has 1 aliphatic heterocycles. The number of esters is 1. The van der Waals surface area contributed by atoms with Gasteiger partial charge in [0.15, 0.2) is 6.10 Å². The number of carbonyl (C=O) groups is 3. The fourth-order valence-electron chi connectivity index (χ4n) is 3.03. The summed E-state index contributed by atoms with van der Waals surface area (Å²) < 4.78 is 5.28. The van der Waals surface area contributed by atoms with E-state index in [1.165, 1.54) is 5.56 Å². The zero-order valence-electron chi connectivity index (χ0n) is 15.2. The molecule has 0 bridgehead atoms. The molecule has 0 aromatic heterocycles. The van der Waals surface area contributed by atoms with Crippen molar-refractivity contribution in [3.05, 3.63) is 35.4 Å². The Kier molecular flexibility index (Phi) is 7.44. The number of carbonyl (C=O) groups excluding carboxylic acids is 3. The summed E-state index contributed by atoms with van der Waals surface area (Å²) in [6.45, 7) is 3.32. The van der Waals surface area contributed by atoms with Crippen LogP contribution in [-0.4, -0.2) is 42.0 Å². The quantitative estimate of drug-likeness (QED) is 0.544. The summed E-state index contributed by atoms with van der Waals surface area (Å²) >= 11 is 0. The van der Waals surface area contributed by atoms with Crippen LogP contribution >= 0.6 is 0 Å². The number of primary amides is 1. The van der Waals surface area contributed by atoms with Gasteiger partial charge in [0.2, 0.25) is 0 Å². The van der Waals surface area contributed by atoms with Gasteiger partial charge < -0.3 is 20.7 Å². The number of nitrogens with zero attached hydrogens (tertiary/aromatic N) is 1. The Bertz CT molecular complexity index is 647. The molecule has 1 aliphatic rings. The largest absolute Gasteiger partial charge is 0.453 e. The molecule has 1 aromatic rings. The lowest BCUT2D eigenvalue weighted by Crippen LogP contribution is -2.42. The SMILES string of the molecule is C[C@H](OC(=O)CCCCCNC(N)=O)C(=O)N1CCc2ccccc2C1. The molecule has 7 heteroatoms. The molecule has 0 saturated heterocycles. The van der Waals surface area contributed by atoms with Crippen LogP contribution in [-0.2, 0) is 27.3 Å². The molecule has 142 valence electrons. The van der Waals surface area contributed by atoms with E-state index >= 15 is 0 Å². The minimum atomic E-state index is -0.774. The number of urea groups is 1. The molecule has 3 N–H and O–H groups in total. The van der Waals surface area contributed by atoms with Gasteiger partial charge in [0.05, 0.1) is 0 Å². The van der Waals surface area contributed by atoms with E-state index in [1.54, 1.807) is 11.8 Å². The predicted octanol–water partition coefficient (Wildman–Crippen LogP) is 1.73. The average Bonchev–Trinajstić information content (AvgIpc) is 2.63. The number of amides is 3. The van der Waals surface area contributed by atoms with Crippen molar-refractivity contribution in [1.29, 1.82) is 0 Å². The van der Waals surface area contributed by atoms with Crippen molar-refractivity contribution in [2.75, 3.05) is 13.1 Å². The molecule has 1 atom stereocenters. The molecule has 1 aromatic carbocycles. The van der Waals surface area contributed by atoms with Crippen LogP contribution in [0.5, 0.6) is 0 Å². The van der Waals surface area contributed by atoms with Gasteiger partial charge in [0, 0.05) is 26.1 Å². The normalized spacial score (nSPS) is 14.3. The van der Waals surface area contributed by atoms with Crippen LogP contribution in [0.3, 0.4) is 0 Å². The zero-order valence-corrected chi connectivity index (χ0v) is 15.2. The first-order valence-corrected chi connectivity index (χ1v) is 9.05. The summed E-state index contributed by atoms with van der Waals surface area (Å²) in [7, 11) is 0. The van der Waals surface area contributed by atoms with Gasteiger partial charge in [-0.2, -0.15) is 0 Å². The maximum atomic E-state index is 12.5. The molecule has 26 heavy (non-hydrogen) atoms. The van der Waals surface area contributed by atoms with Gasteiger partial charge in [-0.3, -0.25) is 9.59 Å². The highest BCUT2D eigenvalue weighted by Gasteiger charge is 2.26. The number of nitrogens with one attached hydrogen (secondary N) is 1. The summed E-state index contributed by atoms with van der Waals surface area (Å²) in [4.78, 5) is 36.7. The monoisotopic (exact) mass is 361 g/mol. The number of rotatable bonds is 8. The third-order valence-electron chi connectivity index (χ3n) is 4.46. The Balaban J connectivity index is 1.68. The number of ether oxygens (including phenoxy) is 1. The van der Waals surface area contributed by atoms with E-state index in [2.05, 4.69) is 11.4 Å². The van der Waals surface area contributed by atoms with Crippen LogP contribution in [0.4, 0.5) is 4.79 Å². The molecule has 0 radical (unpaired) electrons. The number of unbranched alkanes of at least 4 members (excludes halogenated alkanes) is 2. The summed E-state index contributed by atoms with van der Waals surface area (Å²) in [5.74, 6) is -0.523. The van der Waals surface area contributed by atoms with Gasteiger partial charge in [0.1, 0.15) is 0 Å². The number of hydrogen-bond acceptors (Lipinski definition) is 4. The summed E-state index contributed by atoms with van der Waals surface area (Å²) in [5, 5.41) is 2.50. The lowest BCUT2D eigenvalue weighted by atomic mass is 9.99. The van der Waals surface area contributed by atoms with Gasteiger partial charge in [-0.05, 0) is 37.3 Å². The van der Waals surface area contributed by atoms with Crippen LogP contribution in [0.25, 0.3) is 0 Å². The van der Waals surface area contributed by atoms with E-state index in [0.29, 0.717) is 26.1 Å². The van der Waals surface area contributed by atoms with Crippen LogP contribution in [0, 0.1) is 0 Å². The van der Waals surface area contributed by atoms with E-state index in [9.17, 15) is 14.4 Å². The molecule has 0 spiro atoms. The molecule has 0 aliphatic carbocycles. The van der Waals surface area contributed by atoms with Gasteiger partial charge in [-0.25, -0.2) is 4.79 Å². The van der Waals surface area contributed by atoms with E-state index in [4.69, 9.17) is 10.5 Å². The van der Waals surface area contributed by atoms with Crippen molar-refractivity contribution in [2.24, 2.45) is 5.73 Å². The highest BCUT2D eigenvalue weighted by molar-refractivity contribution is 5.83. The van der Waals surface area contributed by atoms with Gasteiger partial charge >= 0.3 is 12.0 Å². The van der Waals surface area contributed by atoms with Crippen LogP contribution in [0.15, 0.2) is 24.3 Å². The Labute approximate surface area is 153 Å². The summed E-state index contributed by atoms with van der Waals surface area (Å²) in [5.41, 5.74) is 7.39. The van der Waals surface area contributed by atoms with E-state index in [-0.39, 0.29) is 18.3 Å². The van der Waals surface area contributed by atoms with E-state index < -0.39 is 12.1 Å². The Morgan fingerprint density at radius 1 is 1.19 bits per heavy atom. The highest BCUT2D eigenvalue weighted by Crippen LogP contribution is 2.19. The third kappa shape index (κ3) is 6.06. The minimum absolute atomic E-state index is 0.154. The average molecular weight is 361 g/mol. The Hall–Kier alpha value is -2.57. The molecule has 0 saturated carbocycles. The van der Waals surface area contributed by atoms with Crippen molar-refractivity contribution < 1.29 is 19.1 Å². The van der Waals surface area contributed by atoms with Crippen molar-refractivity contribution in [1.82, 2.24) is 10.2 Å². The van der Waals surface area contributed by atoms with Crippen LogP contribution < -0.4 is 11.1 Å². The Morgan fingerprint density at radius 2 is 1.92 bits per heavy atom. The summed E-state index contributed by atoms with van der Waals surface area (Å²) in [6.07, 6.45) is 2.48. The second-order valence-electron chi connectivity index (χ2n) is 6.51. The lowest BCUT2D eigenvalue weighted by molar-refractivity contribution is -0.159. The van der Waals surface area contributed by atoms with Crippen molar-refractivity contribution >= 4 is 17.9 Å². The third-order valence-corrected chi connectivity index (χ3v) is 4.46. The second-order valence-corrected chi connectivity index (χ2v) is 6.51. The fraction of sp³-hybridized carbons (Fsp3) is 0.526. The van der Waals surface area contributed by atoms with Crippen molar-refractivity contribution in [2.45, 2.75) is 51.7 Å². The van der Waals surface area contributed by atoms with Gasteiger partial charge in [-0.1, -0.05) is 30.7 Å². The molecular weight excluding hydrogens is 334 g/mol. The van der Waals surface area contributed by atoms with Gasteiger partial charge in [0.25, 0.3) is 5.91 Å². The van der Waals surface area contributed by atoms with E-state index in [0.717, 1.165) is 24.8 Å². The first-order chi connectivity index (χ1) is 12.5. The second kappa shape index (κ2) is 9.79. The highest BCUT2D eigenvalue weighted by atomic mass is 16.5. The maximum Gasteiger partial charge on any atom is 0.312 e. The number of hydrogen-bond donors (Lipinski definition) is 2. The van der Waals surface area contributed by atoms with E-state index in [1.807, 2.05) is 18.2 Å². The van der Waals surface area contributed by atoms with Crippen molar-refractivity contribution in [3.63, 3.8) is 0 Å². The molecule has 3 amide bonds. The minimum Gasteiger partial charge on any atom is -0.453 e. The maximum absolute atomic E-state index is 12.5. The molecule has 7 nitrogen and oxygen atoms in total. The molecular formula is C19H27N3O4. The smallest absolute Gasteiger partial charge is 0.312 e. The fourth-order valence-corrected chi connectivity index (χ4v) is 3.03. The van der Waals surface area contributed by atoms with Gasteiger partial charge in [-0.15, -0.1) is 0 Å². The molecule has 0 fully saturated rings. The van der Waals surface area contributed by atoms with Crippen LogP contribution in [0.2, 0.25) is 0 Å². The number of nitrogens with two attached hydrogens (primary N) is 1. The number of fused-ring (bicyclic) bond motifs is 1. The first-order valence-electron chi connectivity index (χ1n) is 9.05. The predicted molar refractivity (Wildman–Crippen MR) is 97.2 cm³/mol. The Morgan fingerprint density at radius 3 is 2.65 bits per heavy atom.